The molecule has 0 saturated heterocycles. The molecule has 0 aromatic rings. The summed E-state index contributed by atoms with van der Waals surface area (Å²) in [6.07, 6.45) is 8.04. The number of hydrogen-bond acceptors (Lipinski definition) is 4. The number of rotatable bonds is 2. The van der Waals surface area contributed by atoms with Gasteiger partial charge in [0, 0.05) is 5.92 Å². The molecule has 2 fully saturated rings. The average molecular weight is 421 g/mol. The van der Waals surface area contributed by atoms with Crippen molar-refractivity contribution in [2.75, 3.05) is 0 Å². The van der Waals surface area contributed by atoms with E-state index in [1.54, 1.807) is 13.8 Å². The monoisotopic (exact) mass is 420 g/mol. The molecule has 0 bridgehead atoms. The Hall–Kier alpha value is -1.17. The molecule has 30 heavy (non-hydrogen) atoms. The number of aliphatic hydroxyl groups is 3. The molecule has 3 rings (SSSR count). The molecule has 0 amide bonds. The number of carboxylic acid groups (broad SMARTS) is 1. The summed E-state index contributed by atoms with van der Waals surface area (Å²) in [5.74, 6) is -0.870. The Bertz CT molecular complexity index is 734. The number of allylic oxidation sites excluding steroid dienone is 2. The molecule has 3 aliphatic carbocycles. The minimum atomic E-state index is -1.29. The summed E-state index contributed by atoms with van der Waals surface area (Å²) >= 11 is 0. The van der Waals surface area contributed by atoms with E-state index in [1.165, 1.54) is 5.57 Å². The molecule has 5 heteroatoms. The lowest BCUT2D eigenvalue weighted by Crippen LogP contribution is -2.44. The smallest absolute Gasteiger partial charge is 0.306 e. The van der Waals surface area contributed by atoms with E-state index in [9.17, 15) is 25.2 Å². The van der Waals surface area contributed by atoms with E-state index in [4.69, 9.17) is 0 Å². The molecule has 4 N–H and O–H groups in total. The first-order valence-corrected chi connectivity index (χ1v) is 11.5. The van der Waals surface area contributed by atoms with Crippen molar-refractivity contribution in [1.82, 2.24) is 0 Å². The Morgan fingerprint density at radius 2 is 1.80 bits per heavy atom. The van der Waals surface area contributed by atoms with Crippen LogP contribution in [0.5, 0.6) is 0 Å². The second-order valence-electron chi connectivity index (χ2n) is 11.1. The molecule has 5 nitrogen and oxygen atoms in total. The van der Waals surface area contributed by atoms with Gasteiger partial charge in [0.15, 0.2) is 0 Å². The molecular formula is C25H40O5. The summed E-state index contributed by atoms with van der Waals surface area (Å²) in [6, 6.07) is 0. The Morgan fingerprint density at radius 1 is 1.13 bits per heavy atom. The van der Waals surface area contributed by atoms with Gasteiger partial charge in [-0.1, -0.05) is 31.6 Å². The molecule has 8 atom stereocenters. The lowest BCUT2D eigenvalue weighted by molar-refractivity contribution is -0.144. The van der Waals surface area contributed by atoms with Gasteiger partial charge < -0.3 is 20.4 Å². The highest BCUT2D eigenvalue weighted by atomic mass is 16.4. The lowest BCUT2D eigenvalue weighted by atomic mass is 9.67. The van der Waals surface area contributed by atoms with Crippen LogP contribution in [-0.2, 0) is 4.79 Å². The summed E-state index contributed by atoms with van der Waals surface area (Å²) < 4.78 is 0. The molecule has 0 aliphatic heterocycles. The third kappa shape index (κ3) is 4.26. The SMILES string of the molecule is CC1=CCC2C(C(C)C(=O)O)CCC2(C)CC(O)C(C)(O)CC=C2C1CCC2(C)O. The number of hydrogen-bond donors (Lipinski definition) is 4. The third-order valence-corrected chi connectivity index (χ3v) is 8.77. The maximum atomic E-state index is 11.8. The largest absolute Gasteiger partial charge is 0.481 e. The van der Waals surface area contributed by atoms with Gasteiger partial charge >= 0.3 is 5.97 Å². The second kappa shape index (κ2) is 8.07. The highest BCUT2D eigenvalue weighted by Gasteiger charge is 2.50. The zero-order chi connectivity index (χ0) is 22.5. The van der Waals surface area contributed by atoms with Crippen LogP contribution in [0.3, 0.4) is 0 Å². The van der Waals surface area contributed by atoms with E-state index in [0.29, 0.717) is 19.3 Å². The van der Waals surface area contributed by atoms with E-state index in [2.05, 4.69) is 19.9 Å². The second-order valence-corrected chi connectivity index (χ2v) is 11.1. The van der Waals surface area contributed by atoms with Crippen LogP contribution in [-0.4, -0.2) is 43.7 Å². The number of carbonyl (C=O) groups is 1. The van der Waals surface area contributed by atoms with Crippen LogP contribution < -0.4 is 0 Å². The van der Waals surface area contributed by atoms with Gasteiger partial charge in [-0.15, -0.1) is 0 Å². The van der Waals surface area contributed by atoms with Crippen LogP contribution in [0.1, 0.15) is 79.6 Å². The van der Waals surface area contributed by atoms with Crippen LogP contribution in [0, 0.1) is 29.1 Å². The summed E-state index contributed by atoms with van der Waals surface area (Å²) in [5.41, 5.74) is -0.254. The maximum absolute atomic E-state index is 11.8. The van der Waals surface area contributed by atoms with E-state index < -0.39 is 29.2 Å². The number of aliphatic hydroxyl groups excluding tert-OH is 1. The maximum Gasteiger partial charge on any atom is 0.306 e. The van der Waals surface area contributed by atoms with Gasteiger partial charge in [-0.25, -0.2) is 0 Å². The summed E-state index contributed by atoms with van der Waals surface area (Å²) in [6.45, 7) is 9.57. The normalized spacial score (nSPS) is 46.0. The lowest BCUT2D eigenvalue weighted by Gasteiger charge is -2.40. The van der Waals surface area contributed by atoms with Crippen LogP contribution in [0.15, 0.2) is 23.3 Å². The molecule has 3 aliphatic rings. The van der Waals surface area contributed by atoms with Gasteiger partial charge in [0.2, 0.25) is 0 Å². The Kier molecular flexibility index (Phi) is 6.32. The fourth-order valence-electron chi connectivity index (χ4n) is 6.40. The van der Waals surface area contributed by atoms with Gasteiger partial charge in [-0.3, -0.25) is 4.79 Å². The van der Waals surface area contributed by atoms with Crippen LogP contribution in [0.2, 0.25) is 0 Å². The van der Waals surface area contributed by atoms with Crippen molar-refractivity contribution in [3.63, 3.8) is 0 Å². The molecule has 0 spiro atoms. The van der Waals surface area contributed by atoms with Crippen LogP contribution >= 0.6 is 0 Å². The van der Waals surface area contributed by atoms with Gasteiger partial charge in [0.25, 0.3) is 0 Å². The van der Waals surface area contributed by atoms with Crippen LogP contribution in [0.4, 0.5) is 0 Å². The van der Waals surface area contributed by atoms with Crippen molar-refractivity contribution < 1.29 is 25.2 Å². The quantitative estimate of drug-likeness (QED) is 0.505. The summed E-state index contributed by atoms with van der Waals surface area (Å²) in [4.78, 5) is 11.8. The van der Waals surface area contributed by atoms with Crippen molar-refractivity contribution in [2.24, 2.45) is 29.1 Å². The van der Waals surface area contributed by atoms with Gasteiger partial charge in [0.05, 0.1) is 23.2 Å². The first-order valence-electron chi connectivity index (χ1n) is 11.5. The molecule has 2 saturated carbocycles. The highest BCUT2D eigenvalue weighted by molar-refractivity contribution is 5.70. The molecular weight excluding hydrogens is 380 g/mol. The van der Waals surface area contributed by atoms with E-state index >= 15 is 0 Å². The summed E-state index contributed by atoms with van der Waals surface area (Å²) in [5, 5.41) is 42.7. The van der Waals surface area contributed by atoms with Crippen molar-refractivity contribution in [2.45, 2.75) is 96.9 Å². The van der Waals surface area contributed by atoms with Gasteiger partial charge in [0.1, 0.15) is 0 Å². The average Bonchev–Trinajstić information content (AvgIpc) is 3.12. The van der Waals surface area contributed by atoms with Crippen molar-refractivity contribution in [1.29, 1.82) is 0 Å². The molecule has 0 aromatic heterocycles. The van der Waals surface area contributed by atoms with Crippen molar-refractivity contribution in [3.8, 4) is 0 Å². The summed E-state index contributed by atoms with van der Waals surface area (Å²) in [7, 11) is 0. The Labute approximate surface area is 180 Å². The molecule has 0 heterocycles. The zero-order valence-electron chi connectivity index (χ0n) is 19.2. The molecule has 170 valence electrons. The number of aliphatic carboxylic acids is 1. The predicted octanol–water partition coefficient (Wildman–Crippen LogP) is 4.07. The van der Waals surface area contributed by atoms with Crippen molar-refractivity contribution >= 4 is 5.97 Å². The van der Waals surface area contributed by atoms with Crippen molar-refractivity contribution in [3.05, 3.63) is 23.3 Å². The first kappa shape index (κ1) is 23.5. The Morgan fingerprint density at radius 3 is 2.43 bits per heavy atom. The van der Waals surface area contributed by atoms with E-state index in [0.717, 1.165) is 31.3 Å². The third-order valence-electron chi connectivity index (χ3n) is 8.77. The fourth-order valence-corrected chi connectivity index (χ4v) is 6.40. The fraction of sp³-hybridized carbons (Fsp3) is 0.800. The van der Waals surface area contributed by atoms with Crippen LogP contribution in [0.25, 0.3) is 0 Å². The first-order chi connectivity index (χ1) is 13.8. The predicted molar refractivity (Wildman–Crippen MR) is 117 cm³/mol. The number of fused-ring (bicyclic) bond motifs is 2. The van der Waals surface area contributed by atoms with Gasteiger partial charge in [-0.2, -0.15) is 0 Å². The van der Waals surface area contributed by atoms with E-state index in [1.807, 2.05) is 13.0 Å². The Balaban J connectivity index is 2.03. The standard InChI is InChI=1S/C25H40O5/c1-15-6-7-19-18(16(2)22(27)28)8-11-23(19,3)14-21(26)25(5,30)13-10-20-17(15)9-12-24(20,4)29/h6,10,16-19,21,26,29-30H,7-9,11-14H2,1-5H3,(H,27,28). The molecule has 0 radical (unpaired) electrons. The minimum Gasteiger partial charge on any atom is -0.481 e. The molecule has 0 aromatic carbocycles. The zero-order valence-corrected chi connectivity index (χ0v) is 19.2. The molecule has 8 unspecified atom stereocenters. The minimum absolute atomic E-state index is 0.0540. The number of carboxylic acids is 1. The van der Waals surface area contributed by atoms with E-state index in [-0.39, 0.29) is 23.2 Å². The highest BCUT2D eigenvalue weighted by Crippen LogP contribution is 2.55. The van der Waals surface area contributed by atoms with Gasteiger partial charge in [-0.05, 0) is 88.5 Å². The topological polar surface area (TPSA) is 98.0 Å².